The van der Waals surface area contributed by atoms with E-state index < -0.39 is 0 Å². The summed E-state index contributed by atoms with van der Waals surface area (Å²) in [5.41, 5.74) is 5.10. The van der Waals surface area contributed by atoms with Gasteiger partial charge in [-0.05, 0) is 68.4 Å². The summed E-state index contributed by atoms with van der Waals surface area (Å²) in [6.45, 7) is 4.09. The van der Waals surface area contributed by atoms with Gasteiger partial charge in [0.05, 0.1) is 12.2 Å². The van der Waals surface area contributed by atoms with Crippen molar-refractivity contribution in [1.82, 2.24) is 9.88 Å². The topological polar surface area (TPSA) is 58.4 Å². The van der Waals surface area contributed by atoms with E-state index in [1.807, 2.05) is 56.3 Å². The van der Waals surface area contributed by atoms with Gasteiger partial charge in [-0.3, -0.25) is 9.69 Å². The zero-order chi connectivity index (χ0) is 19.4. The molecule has 0 aliphatic carbocycles. The number of carbonyl (C=O) groups excluding carboxylic acids is 1. The Morgan fingerprint density at radius 1 is 1.14 bits per heavy atom. The molecule has 0 spiro atoms. The number of nitrogens with zero attached hydrogens (tertiary/aromatic N) is 2. The van der Waals surface area contributed by atoms with E-state index in [0.717, 1.165) is 28.8 Å². The third-order valence-electron chi connectivity index (χ3n) is 4.69. The Balaban J connectivity index is 0.00000280. The minimum Gasteiger partial charge on any atom is -0.445 e. The summed E-state index contributed by atoms with van der Waals surface area (Å²) in [5.74, 6) is 0.617. The second-order valence-electron chi connectivity index (χ2n) is 6.82. The molecule has 1 unspecified atom stereocenters. The van der Waals surface area contributed by atoms with Crippen molar-refractivity contribution >= 4 is 24.0 Å². The number of nitrogens with one attached hydrogen (secondary N) is 1. The highest BCUT2D eigenvalue weighted by Gasteiger charge is 2.18. The molecule has 1 heterocycles. The fourth-order valence-corrected chi connectivity index (χ4v) is 3.18. The minimum atomic E-state index is -0.135. The molecule has 3 aromatic rings. The molecule has 0 aliphatic heterocycles. The van der Waals surface area contributed by atoms with Crippen LogP contribution in [0.1, 0.15) is 18.9 Å². The van der Waals surface area contributed by atoms with Crippen LogP contribution in [0.4, 0.5) is 5.69 Å². The van der Waals surface area contributed by atoms with E-state index in [-0.39, 0.29) is 24.4 Å². The van der Waals surface area contributed by atoms with Crippen LogP contribution in [-0.4, -0.2) is 35.9 Å². The largest absolute Gasteiger partial charge is 0.445 e. The van der Waals surface area contributed by atoms with E-state index >= 15 is 0 Å². The molecule has 1 atom stereocenters. The molecule has 0 fully saturated rings. The predicted octanol–water partition coefficient (Wildman–Crippen LogP) is 5.02. The van der Waals surface area contributed by atoms with Crippen LogP contribution in [0.2, 0.25) is 0 Å². The predicted molar refractivity (Wildman–Crippen MR) is 116 cm³/mol. The molecule has 1 N–H and O–H groups in total. The normalized spacial score (nSPS) is 11.8. The first-order valence-corrected chi connectivity index (χ1v) is 9.08. The van der Waals surface area contributed by atoms with Gasteiger partial charge in [0.15, 0.2) is 0 Å². The fraction of sp³-hybridized carbons (Fsp3) is 0.273. The molecule has 3 rings (SSSR count). The molecule has 0 saturated carbocycles. The molecule has 28 heavy (non-hydrogen) atoms. The van der Waals surface area contributed by atoms with Crippen molar-refractivity contribution in [2.45, 2.75) is 26.3 Å². The van der Waals surface area contributed by atoms with E-state index in [1.54, 1.807) is 12.5 Å². The molecule has 0 aliphatic rings. The van der Waals surface area contributed by atoms with Crippen LogP contribution in [0.15, 0.2) is 59.3 Å². The quantitative estimate of drug-likeness (QED) is 0.632. The Morgan fingerprint density at radius 2 is 1.82 bits per heavy atom. The molecule has 1 amide bonds. The number of aryl methyl sites for hydroxylation is 1. The first-order chi connectivity index (χ1) is 13.0. The number of oxazole rings is 1. The van der Waals surface area contributed by atoms with Crippen LogP contribution in [0.25, 0.3) is 22.6 Å². The summed E-state index contributed by atoms with van der Waals surface area (Å²) in [5, 5.41) is 3.00. The van der Waals surface area contributed by atoms with Crippen LogP contribution in [-0.2, 0) is 4.79 Å². The van der Waals surface area contributed by atoms with Gasteiger partial charge >= 0.3 is 0 Å². The highest BCUT2D eigenvalue weighted by atomic mass is 35.5. The van der Waals surface area contributed by atoms with Crippen molar-refractivity contribution < 1.29 is 9.21 Å². The second-order valence-corrected chi connectivity index (χ2v) is 6.82. The maximum absolute atomic E-state index is 12.4. The van der Waals surface area contributed by atoms with E-state index in [9.17, 15) is 4.79 Å². The molecule has 0 saturated heterocycles. The lowest BCUT2D eigenvalue weighted by Gasteiger charge is -2.21. The summed E-state index contributed by atoms with van der Waals surface area (Å²) in [4.78, 5) is 18.6. The smallest absolute Gasteiger partial charge is 0.241 e. The van der Waals surface area contributed by atoms with Gasteiger partial charge in [0, 0.05) is 11.3 Å². The van der Waals surface area contributed by atoms with Gasteiger partial charge in [0.1, 0.15) is 6.26 Å². The zero-order valence-corrected chi connectivity index (χ0v) is 17.4. The van der Waals surface area contributed by atoms with Gasteiger partial charge in [0.25, 0.3) is 0 Å². The Hall–Kier alpha value is -2.63. The second kappa shape index (κ2) is 9.53. The van der Waals surface area contributed by atoms with Crippen molar-refractivity contribution in [2.75, 3.05) is 19.4 Å². The van der Waals surface area contributed by atoms with Crippen LogP contribution in [0.3, 0.4) is 0 Å². The highest BCUT2D eigenvalue weighted by molar-refractivity contribution is 5.95. The summed E-state index contributed by atoms with van der Waals surface area (Å²) in [6.07, 6.45) is 3.98. The number of aromatic nitrogens is 1. The Labute approximate surface area is 172 Å². The van der Waals surface area contributed by atoms with Gasteiger partial charge in [-0.1, -0.05) is 25.1 Å². The fourth-order valence-electron chi connectivity index (χ4n) is 3.18. The number of carbonyl (C=O) groups is 1. The van der Waals surface area contributed by atoms with Crippen molar-refractivity contribution in [3.63, 3.8) is 0 Å². The third kappa shape index (κ3) is 4.80. The highest BCUT2D eigenvalue weighted by Crippen LogP contribution is 2.29. The number of halogens is 1. The number of hydrogen-bond acceptors (Lipinski definition) is 4. The lowest BCUT2D eigenvalue weighted by Crippen LogP contribution is -2.39. The molecule has 6 heteroatoms. The van der Waals surface area contributed by atoms with Crippen LogP contribution in [0, 0.1) is 6.92 Å². The first kappa shape index (κ1) is 21.7. The summed E-state index contributed by atoms with van der Waals surface area (Å²) in [7, 11) is 3.83. The standard InChI is InChI=1S/C22H25N3O2.ClH/c1-5-20(25(3)4)21(26)24-18-10-8-16(9-11-18)19-14-17(7-6-15(19)2)22-23-12-13-27-22;/h6-14,20H,5H2,1-4H3,(H,24,26);1H. The van der Waals surface area contributed by atoms with E-state index in [0.29, 0.717) is 5.89 Å². The maximum Gasteiger partial charge on any atom is 0.241 e. The molecular formula is C22H26ClN3O2. The van der Waals surface area contributed by atoms with Gasteiger partial charge in [-0.15, -0.1) is 12.4 Å². The third-order valence-corrected chi connectivity index (χ3v) is 4.69. The number of amides is 1. The number of anilines is 1. The van der Waals surface area contributed by atoms with Crippen LogP contribution < -0.4 is 5.32 Å². The average molecular weight is 400 g/mol. The monoisotopic (exact) mass is 399 g/mol. The molecule has 0 radical (unpaired) electrons. The van der Waals surface area contributed by atoms with E-state index in [2.05, 4.69) is 29.4 Å². The average Bonchev–Trinajstić information content (AvgIpc) is 3.18. The van der Waals surface area contributed by atoms with Gasteiger partial charge in [0.2, 0.25) is 11.8 Å². The van der Waals surface area contributed by atoms with Gasteiger partial charge in [-0.2, -0.15) is 0 Å². The van der Waals surface area contributed by atoms with Crippen molar-refractivity contribution in [1.29, 1.82) is 0 Å². The lowest BCUT2D eigenvalue weighted by molar-refractivity contribution is -0.120. The number of benzene rings is 2. The lowest BCUT2D eigenvalue weighted by atomic mass is 9.98. The van der Waals surface area contributed by atoms with E-state index in [1.165, 1.54) is 5.56 Å². The Kier molecular flexibility index (Phi) is 7.38. The molecule has 148 valence electrons. The SMILES string of the molecule is CCC(C(=O)Nc1ccc(-c2cc(-c3ncco3)ccc2C)cc1)N(C)C.Cl. The summed E-state index contributed by atoms with van der Waals surface area (Å²) in [6, 6.07) is 13.9. The van der Waals surface area contributed by atoms with Crippen molar-refractivity contribution in [2.24, 2.45) is 0 Å². The Bertz CT molecular complexity index is 906. The number of rotatable bonds is 6. The molecule has 5 nitrogen and oxygen atoms in total. The molecule has 1 aromatic heterocycles. The van der Waals surface area contributed by atoms with Gasteiger partial charge < -0.3 is 9.73 Å². The van der Waals surface area contributed by atoms with Crippen molar-refractivity contribution in [3.05, 3.63) is 60.5 Å². The zero-order valence-electron chi connectivity index (χ0n) is 16.6. The molecule has 0 bridgehead atoms. The number of likely N-dealkylation sites (N-methyl/N-ethyl adjacent to an activating group) is 1. The van der Waals surface area contributed by atoms with Crippen LogP contribution >= 0.6 is 12.4 Å². The van der Waals surface area contributed by atoms with E-state index in [4.69, 9.17) is 4.42 Å². The number of hydrogen-bond donors (Lipinski definition) is 1. The minimum absolute atomic E-state index is 0. The maximum atomic E-state index is 12.4. The Morgan fingerprint density at radius 3 is 2.39 bits per heavy atom. The summed E-state index contributed by atoms with van der Waals surface area (Å²) < 4.78 is 5.40. The summed E-state index contributed by atoms with van der Waals surface area (Å²) >= 11 is 0. The van der Waals surface area contributed by atoms with Gasteiger partial charge in [-0.25, -0.2) is 4.98 Å². The van der Waals surface area contributed by atoms with Crippen molar-refractivity contribution in [3.8, 4) is 22.6 Å². The first-order valence-electron chi connectivity index (χ1n) is 9.08. The molecular weight excluding hydrogens is 374 g/mol. The van der Waals surface area contributed by atoms with Crippen LogP contribution in [0.5, 0.6) is 0 Å². The molecule has 2 aromatic carbocycles.